The van der Waals surface area contributed by atoms with Gasteiger partial charge in [-0.15, -0.1) is 0 Å². The quantitative estimate of drug-likeness (QED) is 0.436. The number of carbonyl (C=O) groups excluding carboxylic acids is 2. The molecule has 0 heterocycles. The number of hydrogen-bond acceptors (Lipinski definition) is 4. The molecule has 0 saturated heterocycles. The number of aliphatic carboxylic acids is 1. The molecule has 0 aliphatic carbocycles. The van der Waals surface area contributed by atoms with E-state index in [-0.39, 0.29) is 18.1 Å². The van der Waals surface area contributed by atoms with Gasteiger partial charge in [-0.25, -0.2) is 0 Å². The minimum atomic E-state index is -0.814. The first-order valence-corrected chi connectivity index (χ1v) is 8.18. The molecule has 6 heteroatoms. The van der Waals surface area contributed by atoms with E-state index >= 15 is 0 Å². The van der Waals surface area contributed by atoms with Crippen molar-refractivity contribution in [2.45, 2.75) is 32.6 Å². The van der Waals surface area contributed by atoms with Crippen molar-refractivity contribution < 1.29 is 24.2 Å². The number of benzene rings is 2. The summed E-state index contributed by atoms with van der Waals surface area (Å²) in [5.74, 6) is -1.39. The fourth-order valence-corrected chi connectivity index (χ4v) is 2.51. The highest BCUT2D eigenvalue weighted by atomic mass is 16.5. The summed E-state index contributed by atoms with van der Waals surface area (Å²) in [6.45, 7) is 1.73. The summed E-state index contributed by atoms with van der Waals surface area (Å²) in [4.78, 5) is 34.2. The number of amides is 1. The molecule has 0 aliphatic heterocycles. The predicted octanol–water partition coefficient (Wildman–Crippen LogP) is 3.14. The van der Waals surface area contributed by atoms with E-state index in [1.165, 1.54) is 6.92 Å². The molecule has 0 unspecified atom stereocenters. The van der Waals surface area contributed by atoms with Crippen LogP contribution in [-0.2, 0) is 9.59 Å². The first kappa shape index (κ1) is 18.4. The van der Waals surface area contributed by atoms with Crippen molar-refractivity contribution in [3.05, 3.63) is 42.0 Å². The van der Waals surface area contributed by atoms with E-state index in [1.807, 2.05) is 24.3 Å². The third-order valence-corrected chi connectivity index (χ3v) is 3.70. The Bertz CT molecular complexity index is 784. The van der Waals surface area contributed by atoms with Crippen molar-refractivity contribution in [2.75, 3.05) is 6.54 Å². The molecular formula is C19H21NO5. The number of ether oxygens (including phenoxy) is 1. The van der Waals surface area contributed by atoms with Crippen LogP contribution in [0.2, 0.25) is 0 Å². The Morgan fingerprint density at radius 3 is 2.36 bits per heavy atom. The van der Waals surface area contributed by atoms with Crippen molar-refractivity contribution in [2.24, 2.45) is 0 Å². The zero-order chi connectivity index (χ0) is 18.2. The van der Waals surface area contributed by atoms with Crippen molar-refractivity contribution in [1.82, 2.24) is 5.32 Å². The molecule has 0 fully saturated rings. The molecule has 0 bridgehead atoms. The maximum Gasteiger partial charge on any atom is 0.308 e. The molecule has 6 nitrogen and oxygen atoms in total. The minimum Gasteiger partial charge on any atom is -0.481 e. The molecule has 2 rings (SSSR count). The normalized spacial score (nSPS) is 10.4. The third-order valence-electron chi connectivity index (χ3n) is 3.70. The largest absolute Gasteiger partial charge is 0.481 e. The number of hydrogen-bond donors (Lipinski definition) is 2. The fraction of sp³-hybridized carbons (Fsp3) is 0.316. The second-order valence-electron chi connectivity index (χ2n) is 5.75. The van der Waals surface area contributed by atoms with E-state index in [1.54, 1.807) is 12.1 Å². The summed E-state index contributed by atoms with van der Waals surface area (Å²) in [7, 11) is 0. The molecule has 25 heavy (non-hydrogen) atoms. The molecule has 1 amide bonds. The fourth-order valence-electron chi connectivity index (χ4n) is 2.51. The standard InChI is InChI=1S/C19H21NO5/c1-13(21)25-17-12-15-8-5-4-7-14(15)11-16(17)19(24)20-10-6-2-3-9-18(22)23/h4-5,7-8,11-12H,2-3,6,9-10H2,1H3,(H,20,24)(H,22,23). The van der Waals surface area contributed by atoms with E-state index in [0.29, 0.717) is 24.9 Å². The first-order valence-electron chi connectivity index (χ1n) is 8.18. The van der Waals surface area contributed by atoms with Crippen LogP contribution in [-0.4, -0.2) is 29.5 Å². The number of nitrogens with one attached hydrogen (secondary N) is 1. The lowest BCUT2D eigenvalue weighted by atomic mass is 10.1. The highest BCUT2D eigenvalue weighted by molar-refractivity contribution is 6.02. The second kappa shape index (κ2) is 8.82. The van der Waals surface area contributed by atoms with E-state index in [4.69, 9.17) is 9.84 Å². The number of esters is 1. The SMILES string of the molecule is CC(=O)Oc1cc2ccccc2cc1C(=O)NCCCCCC(=O)O. The maximum atomic E-state index is 12.4. The lowest BCUT2D eigenvalue weighted by Gasteiger charge is -2.11. The summed E-state index contributed by atoms with van der Waals surface area (Å²) in [6, 6.07) is 10.9. The van der Waals surface area contributed by atoms with Crippen LogP contribution >= 0.6 is 0 Å². The van der Waals surface area contributed by atoms with Gasteiger partial charge in [0, 0.05) is 19.9 Å². The minimum absolute atomic E-state index is 0.134. The van der Waals surface area contributed by atoms with Crippen LogP contribution in [0.5, 0.6) is 5.75 Å². The lowest BCUT2D eigenvalue weighted by Crippen LogP contribution is -2.25. The predicted molar refractivity (Wildman–Crippen MR) is 93.7 cm³/mol. The first-order chi connectivity index (χ1) is 12.0. The van der Waals surface area contributed by atoms with Crippen LogP contribution in [0.25, 0.3) is 10.8 Å². The van der Waals surface area contributed by atoms with E-state index in [9.17, 15) is 14.4 Å². The van der Waals surface area contributed by atoms with Crippen LogP contribution in [0.3, 0.4) is 0 Å². The topological polar surface area (TPSA) is 92.7 Å². The molecule has 2 aromatic carbocycles. The molecule has 0 spiro atoms. The van der Waals surface area contributed by atoms with Crippen LogP contribution in [0, 0.1) is 0 Å². The molecule has 2 aromatic rings. The van der Waals surface area contributed by atoms with E-state index in [0.717, 1.165) is 17.2 Å². The van der Waals surface area contributed by atoms with Gasteiger partial charge in [-0.05, 0) is 35.7 Å². The number of unbranched alkanes of at least 4 members (excludes halogenated alkanes) is 2. The van der Waals surface area contributed by atoms with Crippen LogP contribution in [0.1, 0.15) is 43.0 Å². The van der Waals surface area contributed by atoms with Crippen molar-refractivity contribution in [3.8, 4) is 5.75 Å². The number of carbonyl (C=O) groups is 3. The Labute approximate surface area is 145 Å². The summed E-state index contributed by atoms with van der Waals surface area (Å²) in [5.41, 5.74) is 0.305. The van der Waals surface area contributed by atoms with Gasteiger partial charge in [0.1, 0.15) is 5.75 Å². The Morgan fingerprint density at radius 1 is 1.04 bits per heavy atom. The molecule has 2 N–H and O–H groups in total. The molecule has 0 radical (unpaired) electrons. The second-order valence-corrected chi connectivity index (χ2v) is 5.75. The molecule has 0 saturated carbocycles. The molecular weight excluding hydrogens is 322 g/mol. The maximum absolute atomic E-state index is 12.4. The van der Waals surface area contributed by atoms with E-state index in [2.05, 4.69) is 5.32 Å². The van der Waals surface area contributed by atoms with Gasteiger partial charge in [-0.1, -0.05) is 30.7 Å². The summed E-state index contributed by atoms with van der Waals surface area (Å²) in [5, 5.41) is 13.1. The zero-order valence-electron chi connectivity index (χ0n) is 14.1. The average molecular weight is 343 g/mol. The zero-order valence-corrected chi connectivity index (χ0v) is 14.1. The Kier molecular flexibility index (Phi) is 6.51. The highest BCUT2D eigenvalue weighted by Gasteiger charge is 2.15. The summed E-state index contributed by atoms with van der Waals surface area (Å²) in [6.07, 6.45) is 2.13. The Balaban J connectivity index is 2.05. The Morgan fingerprint density at radius 2 is 1.72 bits per heavy atom. The van der Waals surface area contributed by atoms with E-state index < -0.39 is 11.9 Å². The van der Waals surface area contributed by atoms with Gasteiger partial charge in [0.05, 0.1) is 5.56 Å². The van der Waals surface area contributed by atoms with Gasteiger partial charge < -0.3 is 15.2 Å². The van der Waals surface area contributed by atoms with Crippen molar-refractivity contribution in [1.29, 1.82) is 0 Å². The average Bonchev–Trinajstić information content (AvgIpc) is 2.56. The molecule has 132 valence electrons. The lowest BCUT2D eigenvalue weighted by molar-refractivity contribution is -0.137. The summed E-state index contributed by atoms with van der Waals surface area (Å²) >= 11 is 0. The van der Waals surface area contributed by atoms with Crippen molar-refractivity contribution >= 4 is 28.6 Å². The Hall–Kier alpha value is -2.89. The molecule has 0 aliphatic rings. The van der Waals surface area contributed by atoms with Gasteiger partial charge in [-0.2, -0.15) is 0 Å². The smallest absolute Gasteiger partial charge is 0.308 e. The number of carboxylic acid groups (broad SMARTS) is 1. The third kappa shape index (κ3) is 5.60. The highest BCUT2D eigenvalue weighted by Crippen LogP contribution is 2.26. The van der Waals surface area contributed by atoms with Crippen LogP contribution < -0.4 is 10.1 Å². The van der Waals surface area contributed by atoms with Gasteiger partial charge in [0.2, 0.25) is 0 Å². The number of fused-ring (bicyclic) bond motifs is 1. The number of rotatable bonds is 8. The van der Waals surface area contributed by atoms with Crippen LogP contribution in [0.15, 0.2) is 36.4 Å². The molecule has 0 aromatic heterocycles. The van der Waals surface area contributed by atoms with Crippen molar-refractivity contribution in [3.63, 3.8) is 0 Å². The van der Waals surface area contributed by atoms with Gasteiger partial charge >= 0.3 is 11.9 Å². The summed E-state index contributed by atoms with van der Waals surface area (Å²) < 4.78 is 5.18. The van der Waals surface area contributed by atoms with Gasteiger partial charge in [0.25, 0.3) is 5.91 Å². The number of carboxylic acids is 1. The van der Waals surface area contributed by atoms with Gasteiger partial charge in [-0.3, -0.25) is 14.4 Å². The van der Waals surface area contributed by atoms with Gasteiger partial charge in [0.15, 0.2) is 0 Å². The van der Waals surface area contributed by atoms with Crippen LogP contribution in [0.4, 0.5) is 0 Å². The monoisotopic (exact) mass is 343 g/mol. The molecule has 0 atom stereocenters.